The Labute approximate surface area is 77.1 Å². The monoisotopic (exact) mass is 192 g/mol. The lowest BCUT2D eigenvalue weighted by Gasteiger charge is -2.13. The van der Waals surface area contributed by atoms with E-state index in [0.717, 1.165) is 11.5 Å². The molecular formula is C8H16O3S. The van der Waals surface area contributed by atoms with Crippen molar-refractivity contribution >= 4 is 11.8 Å². The van der Waals surface area contributed by atoms with Gasteiger partial charge in [0.15, 0.2) is 0 Å². The lowest BCUT2D eigenvalue weighted by atomic mass is 10.1. The van der Waals surface area contributed by atoms with E-state index in [0.29, 0.717) is 0 Å². The predicted octanol–water partition coefficient (Wildman–Crippen LogP) is 0.249. The van der Waals surface area contributed by atoms with Crippen LogP contribution >= 0.6 is 11.8 Å². The standard InChI is InChI=1S/C8H16O3S/c1-3-12-4-6-8(10)7(9)5(2)11-6/h5-10H,3-4H2,1-2H3/t5-,6+,7?,8-/m0/s1. The average Bonchev–Trinajstić information content (AvgIpc) is 2.30. The Morgan fingerprint density at radius 2 is 2.00 bits per heavy atom. The highest BCUT2D eigenvalue weighted by molar-refractivity contribution is 7.99. The molecule has 0 saturated carbocycles. The van der Waals surface area contributed by atoms with Gasteiger partial charge in [-0.1, -0.05) is 6.92 Å². The molecule has 1 unspecified atom stereocenters. The van der Waals surface area contributed by atoms with Crippen molar-refractivity contribution in [3.63, 3.8) is 0 Å². The van der Waals surface area contributed by atoms with Crippen molar-refractivity contribution in [1.29, 1.82) is 0 Å². The summed E-state index contributed by atoms with van der Waals surface area (Å²) in [6.07, 6.45) is -1.85. The summed E-state index contributed by atoms with van der Waals surface area (Å²) in [5.41, 5.74) is 0. The lowest BCUT2D eigenvalue weighted by Crippen LogP contribution is -2.32. The summed E-state index contributed by atoms with van der Waals surface area (Å²) in [5.74, 6) is 1.77. The van der Waals surface area contributed by atoms with Gasteiger partial charge >= 0.3 is 0 Å². The first-order valence-electron chi connectivity index (χ1n) is 4.26. The Kier molecular flexibility index (Phi) is 3.83. The molecule has 72 valence electrons. The second kappa shape index (κ2) is 4.46. The fourth-order valence-electron chi connectivity index (χ4n) is 1.31. The lowest BCUT2D eigenvalue weighted by molar-refractivity contribution is 0.0302. The van der Waals surface area contributed by atoms with E-state index < -0.39 is 12.2 Å². The SMILES string of the molecule is CCSC[C@H]1O[C@@H](C)C(O)[C@H]1O. The maximum atomic E-state index is 9.47. The van der Waals surface area contributed by atoms with Crippen molar-refractivity contribution in [2.45, 2.75) is 38.3 Å². The highest BCUT2D eigenvalue weighted by Gasteiger charge is 2.39. The molecule has 1 heterocycles. The molecule has 0 aromatic heterocycles. The molecule has 0 amide bonds. The molecule has 0 bridgehead atoms. The molecule has 1 fully saturated rings. The number of thioether (sulfide) groups is 1. The first-order valence-corrected chi connectivity index (χ1v) is 5.41. The maximum absolute atomic E-state index is 9.47. The quantitative estimate of drug-likeness (QED) is 0.673. The van der Waals surface area contributed by atoms with Crippen LogP contribution in [0.5, 0.6) is 0 Å². The van der Waals surface area contributed by atoms with Gasteiger partial charge in [-0.2, -0.15) is 11.8 Å². The molecule has 0 aromatic rings. The van der Waals surface area contributed by atoms with Crippen LogP contribution < -0.4 is 0 Å². The van der Waals surface area contributed by atoms with Crippen LogP contribution in [-0.4, -0.2) is 46.1 Å². The van der Waals surface area contributed by atoms with Crippen molar-refractivity contribution in [1.82, 2.24) is 0 Å². The normalized spacial score (nSPS) is 42.0. The molecule has 2 N–H and O–H groups in total. The second-order valence-corrected chi connectivity index (χ2v) is 4.34. The summed E-state index contributed by atoms with van der Waals surface area (Å²) in [4.78, 5) is 0. The number of aliphatic hydroxyl groups excluding tert-OH is 2. The summed E-state index contributed by atoms with van der Waals surface area (Å²) in [6.45, 7) is 3.84. The minimum atomic E-state index is -0.715. The number of rotatable bonds is 3. The van der Waals surface area contributed by atoms with Crippen molar-refractivity contribution in [2.75, 3.05) is 11.5 Å². The van der Waals surface area contributed by atoms with Gasteiger partial charge in [0.1, 0.15) is 12.2 Å². The van der Waals surface area contributed by atoms with E-state index in [4.69, 9.17) is 4.74 Å². The van der Waals surface area contributed by atoms with Crippen LogP contribution in [0.2, 0.25) is 0 Å². The predicted molar refractivity (Wildman–Crippen MR) is 49.3 cm³/mol. The number of aliphatic hydroxyl groups is 2. The van der Waals surface area contributed by atoms with Crippen LogP contribution in [0.4, 0.5) is 0 Å². The first-order chi connectivity index (χ1) is 5.66. The Morgan fingerprint density at radius 1 is 1.33 bits per heavy atom. The molecule has 4 heteroatoms. The summed E-state index contributed by atoms with van der Waals surface area (Å²) in [7, 11) is 0. The van der Waals surface area contributed by atoms with Gasteiger partial charge in [0.2, 0.25) is 0 Å². The molecule has 0 spiro atoms. The smallest absolute Gasteiger partial charge is 0.109 e. The molecule has 1 saturated heterocycles. The Morgan fingerprint density at radius 3 is 2.42 bits per heavy atom. The highest BCUT2D eigenvalue weighted by Crippen LogP contribution is 2.23. The van der Waals surface area contributed by atoms with E-state index in [2.05, 4.69) is 6.92 Å². The summed E-state index contributed by atoms with van der Waals surface area (Å²) in [5, 5.41) is 18.8. The third-order valence-electron chi connectivity index (χ3n) is 2.09. The van der Waals surface area contributed by atoms with Crippen LogP contribution in [0.15, 0.2) is 0 Å². The molecule has 12 heavy (non-hydrogen) atoms. The fourth-order valence-corrected chi connectivity index (χ4v) is 2.05. The molecule has 3 nitrogen and oxygen atoms in total. The largest absolute Gasteiger partial charge is 0.388 e. The van der Waals surface area contributed by atoms with Crippen LogP contribution in [0, 0.1) is 0 Å². The highest BCUT2D eigenvalue weighted by atomic mass is 32.2. The van der Waals surface area contributed by atoms with Crippen LogP contribution in [0.3, 0.4) is 0 Å². The fraction of sp³-hybridized carbons (Fsp3) is 1.00. The Bertz CT molecular complexity index is 142. The third kappa shape index (κ3) is 2.13. The van der Waals surface area contributed by atoms with E-state index >= 15 is 0 Å². The molecule has 1 aliphatic heterocycles. The molecule has 4 atom stereocenters. The van der Waals surface area contributed by atoms with Crippen molar-refractivity contribution in [3.05, 3.63) is 0 Å². The zero-order valence-corrected chi connectivity index (χ0v) is 8.25. The van der Waals surface area contributed by atoms with Gasteiger partial charge in [0, 0.05) is 5.75 Å². The summed E-state index contributed by atoms with van der Waals surface area (Å²) >= 11 is 1.72. The Hall–Kier alpha value is 0.230. The van der Waals surface area contributed by atoms with E-state index in [1.165, 1.54) is 0 Å². The number of hydrogen-bond acceptors (Lipinski definition) is 4. The molecule has 0 aromatic carbocycles. The van der Waals surface area contributed by atoms with Crippen molar-refractivity contribution < 1.29 is 14.9 Å². The average molecular weight is 192 g/mol. The molecule has 1 aliphatic rings. The minimum absolute atomic E-state index is 0.194. The van der Waals surface area contributed by atoms with E-state index in [9.17, 15) is 10.2 Å². The molecule has 1 rings (SSSR count). The van der Waals surface area contributed by atoms with Gasteiger partial charge < -0.3 is 14.9 Å². The van der Waals surface area contributed by atoms with Gasteiger partial charge in [-0.15, -0.1) is 0 Å². The topological polar surface area (TPSA) is 49.7 Å². The van der Waals surface area contributed by atoms with E-state index in [1.807, 2.05) is 0 Å². The van der Waals surface area contributed by atoms with Crippen molar-refractivity contribution in [2.24, 2.45) is 0 Å². The van der Waals surface area contributed by atoms with Crippen LogP contribution in [0.1, 0.15) is 13.8 Å². The van der Waals surface area contributed by atoms with Crippen LogP contribution in [0.25, 0.3) is 0 Å². The Balaban J connectivity index is 2.36. The van der Waals surface area contributed by atoms with Gasteiger partial charge in [0.05, 0.1) is 12.2 Å². The van der Waals surface area contributed by atoms with Gasteiger partial charge in [-0.05, 0) is 12.7 Å². The zero-order valence-electron chi connectivity index (χ0n) is 7.43. The number of ether oxygens (including phenoxy) is 1. The molecule has 0 radical (unpaired) electrons. The van der Waals surface area contributed by atoms with Gasteiger partial charge in [0.25, 0.3) is 0 Å². The zero-order chi connectivity index (χ0) is 9.14. The third-order valence-corrected chi connectivity index (χ3v) is 3.06. The van der Waals surface area contributed by atoms with Crippen molar-refractivity contribution in [3.8, 4) is 0 Å². The first kappa shape index (κ1) is 10.3. The summed E-state index contributed by atoms with van der Waals surface area (Å²) in [6, 6.07) is 0. The van der Waals surface area contributed by atoms with E-state index in [-0.39, 0.29) is 12.2 Å². The second-order valence-electron chi connectivity index (χ2n) is 3.02. The summed E-state index contributed by atoms with van der Waals surface area (Å²) < 4.78 is 5.37. The van der Waals surface area contributed by atoms with Crippen LogP contribution in [-0.2, 0) is 4.74 Å². The van der Waals surface area contributed by atoms with Gasteiger partial charge in [-0.25, -0.2) is 0 Å². The molecular weight excluding hydrogens is 176 g/mol. The number of hydrogen-bond donors (Lipinski definition) is 2. The van der Waals surface area contributed by atoms with E-state index in [1.54, 1.807) is 18.7 Å². The molecule has 0 aliphatic carbocycles. The van der Waals surface area contributed by atoms with Gasteiger partial charge in [-0.3, -0.25) is 0 Å². The minimum Gasteiger partial charge on any atom is -0.388 e. The maximum Gasteiger partial charge on any atom is 0.109 e.